The predicted molar refractivity (Wildman–Crippen MR) is 109 cm³/mol. The van der Waals surface area contributed by atoms with E-state index < -0.39 is 11.8 Å². The molecule has 3 aromatic rings. The van der Waals surface area contributed by atoms with Crippen LogP contribution in [0.4, 0.5) is 5.69 Å². The zero-order chi connectivity index (χ0) is 19.3. The van der Waals surface area contributed by atoms with Crippen LogP contribution in [0, 0.1) is 0 Å². The maximum absolute atomic E-state index is 12.3. The molecule has 0 atom stereocenters. The van der Waals surface area contributed by atoms with Crippen molar-refractivity contribution in [2.75, 3.05) is 5.43 Å². The molecule has 1 aliphatic heterocycles. The molecule has 0 unspecified atom stereocenters. The topological polar surface area (TPSA) is 74.1 Å². The van der Waals surface area contributed by atoms with Gasteiger partial charge in [0.25, 0.3) is 11.8 Å². The highest BCUT2D eigenvalue weighted by Gasteiger charge is 2.35. The number of rotatable bonds is 5. The van der Waals surface area contributed by atoms with Crippen molar-refractivity contribution in [2.45, 2.75) is 0 Å². The first-order valence-corrected chi connectivity index (χ1v) is 8.68. The van der Waals surface area contributed by atoms with Gasteiger partial charge in [-0.3, -0.25) is 15.0 Å². The molecule has 0 spiro atoms. The SMILES string of the molecule is O=C1c2ccccc2C(=O)N1/N=C/c1ccc(/C=N/Nc2ccccc2)cc1. The molecule has 6 nitrogen and oxygen atoms in total. The Morgan fingerprint density at radius 2 is 1.21 bits per heavy atom. The van der Waals surface area contributed by atoms with Crippen LogP contribution in [0.3, 0.4) is 0 Å². The summed E-state index contributed by atoms with van der Waals surface area (Å²) in [6.45, 7) is 0. The fourth-order valence-electron chi connectivity index (χ4n) is 2.77. The van der Waals surface area contributed by atoms with Gasteiger partial charge in [0.1, 0.15) is 0 Å². The quantitative estimate of drug-likeness (QED) is 0.423. The molecule has 1 aliphatic rings. The second-order valence-electron chi connectivity index (χ2n) is 6.11. The first-order valence-electron chi connectivity index (χ1n) is 8.68. The summed E-state index contributed by atoms with van der Waals surface area (Å²) in [5, 5.41) is 9.14. The fraction of sp³-hybridized carbons (Fsp3) is 0. The molecule has 4 rings (SSSR count). The Morgan fingerprint density at radius 3 is 1.82 bits per heavy atom. The minimum atomic E-state index is -0.410. The molecule has 0 saturated heterocycles. The average molecular weight is 368 g/mol. The summed E-state index contributed by atoms with van der Waals surface area (Å²) < 4.78 is 0. The molecule has 6 heteroatoms. The summed E-state index contributed by atoms with van der Waals surface area (Å²) >= 11 is 0. The Bertz CT molecular complexity index is 1040. The Kier molecular flexibility index (Phi) is 4.76. The second kappa shape index (κ2) is 7.67. The molecule has 3 aromatic carbocycles. The minimum absolute atomic E-state index is 0.377. The average Bonchev–Trinajstić information content (AvgIpc) is 2.99. The van der Waals surface area contributed by atoms with Crippen molar-refractivity contribution < 1.29 is 9.59 Å². The minimum Gasteiger partial charge on any atom is -0.279 e. The molecule has 0 aliphatic carbocycles. The van der Waals surface area contributed by atoms with Gasteiger partial charge in [-0.05, 0) is 35.4 Å². The lowest BCUT2D eigenvalue weighted by Gasteiger charge is -2.05. The van der Waals surface area contributed by atoms with Crippen LogP contribution in [0.15, 0.2) is 89.1 Å². The van der Waals surface area contributed by atoms with Gasteiger partial charge < -0.3 is 0 Å². The summed E-state index contributed by atoms with van der Waals surface area (Å²) in [6.07, 6.45) is 3.20. The molecular weight excluding hydrogens is 352 g/mol. The van der Waals surface area contributed by atoms with E-state index in [1.807, 2.05) is 54.6 Å². The first kappa shape index (κ1) is 17.4. The van der Waals surface area contributed by atoms with Gasteiger partial charge in [0.15, 0.2) is 0 Å². The van der Waals surface area contributed by atoms with E-state index in [4.69, 9.17) is 0 Å². The van der Waals surface area contributed by atoms with Gasteiger partial charge in [0.2, 0.25) is 0 Å². The van der Waals surface area contributed by atoms with E-state index in [0.29, 0.717) is 11.1 Å². The third kappa shape index (κ3) is 3.57. The van der Waals surface area contributed by atoms with Crippen LogP contribution in [0.25, 0.3) is 0 Å². The summed E-state index contributed by atoms with van der Waals surface area (Å²) in [6, 6.07) is 23.8. The lowest BCUT2D eigenvalue weighted by Crippen LogP contribution is -2.23. The summed E-state index contributed by atoms with van der Waals surface area (Å²) in [5.74, 6) is -0.819. The van der Waals surface area contributed by atoms with Crippen molar-refractivity contribution in [3.05, 3.63) is 101 Å². The Morgan fingerprint density at radius 1 is 0.679 bits per heavy atom. The number of carbonyl (C=O) groups excluding carboxylic acids is 2. The highest BCUT2D eigenvalue weighted by Crippen LogP contribution is 2.22. The van der Waals surface area contributed by atoms with Gasteiger partial charge >= 0.3 is 0 Å². The predicted octanol–water partition coefficient (Wildman–Crippen LogP) is 3.76. The van der Waals surface area contributed by atoms with Gasteiger partial charge in [0, 0.05) is 0 Å². The van der Waals surface area contributed by atoms with Crippen LogP contribution in [0.5, 0.6) is 0 Å². The van der Waals surface area contributed by atoms with E-state index in [0.717, 1.165) is 21.8 Å². The van der Waals surface area contributed by atoms with Crippen LogP contribution >= 0.6 is 0 Å². The van der Waals surface area contributed by atoms with E-state index in [1.54, 1.807) is 30.5 Å². The third-order valence-corrected chi connectivity index (χ3v) is 4.21. The molecule has 0 saturated carbocycles. The van der Waals surface area contributed by atoms with Crippen LogP contribution < -0.4 is 5.43 Å². The number of hydrogen-bond acceptors (Lipinski definition) is 5. The molecule has 2 amide bonds. The largest absolute Gasteiger partial charge is 0.282 e. The van der Waals surface area contributed by atoms with Crippen LogP contribution in [0.2, 0.25) is 0 Å². The Hall–Kier alpha value is -4.06. The summed E-state index contributed by atoms with van der Waals surface area (Å²) in [7, 11) is 0. The number of fused-ring (bicyclic) bond motifs is 1. The highest BCUT2D eigenvalue weighted by atomic mass is 16.2. The van der Waals surface area contributed by atoms with Crippen molar-refractivity contribution in [3.8, 4) is 0 Å². The molecule has 28 heavy (non-hydrogen) atoms. The lowest BCUT2D eigenvalue weighted by atomic mass is 10.1. The number of amides is 2. The summed E-state index contributed by atoms with van der Waals surface area (Å²) in [4.78, 5) is 24.6. The normalized spacial score (nSPS) is 13.5. The van der Waals surface area contributed by atoms with E-state index in [9.17, 15) is 9.59 Å². The number of hydrogen-bond donors (Lipinski definition) is 1. The molecular formula is C22H16N4O2. The second-order valence-corrected chi connectivity index (χ2v) is 6.11. The number of imide groups is 1. The van der Waals surface area contributed by atoms with Crippen molar-refractivity contribution in [2.24, 2.45) is 10.2 Å². The molecule has 1 heterocycles. The zero-order valence-corrected chi connectivity index (χ0v) is 14.8. The Labute approximate surface area is 161 Å². The van der Waals surface area contributed by atoms with Crippen molar-refractivity contribution in [1.82, 2.24) is 5.01 Å². The van der Waals surface area contributed by atoms with Gasteiger partial charge in [-0.1, -0.05) is 54.6 Å². The maximum Gasteiger partial charge on any atom is 0.282 e. The summed E-state index contributed by atoms with van der Waals surface area (Å²) in [5.41, 5.74) is 6.28. The zero-order valence-electron chi connectivity index (χ0n) is 14.8. The molecule has 0 bridgehead atoms. The van der Waals surface area contributed by atoms with E-state index in [2.05, 4.69) is 15.6 Å². The van der Waals surface area contributed by atoms with E-state index >= 15 is 0 Å². The number of carbonyl (C=O) groups is 2. The van der Waals surface area contributed by atoms with Crippen molar-refractivity contribution >= 4 is 29.9 Å². The number of benzene rings is 3. The van der Waals surface area contributed by atoms with Crippen molar-refractivity contribution in [3.63, 3.8) is 0 Å². The maximum atomic E-state index is 12.3. The van der Waals surface area contributed by atoms with Gasteiger partial charge in [0.05, 0.1) is 29.2 Å². The Balaban J connectivity index is 1.41. The third-order valence-electron chi connectivity index (χ3n) is 4.21. The number of hydrazone groups is 2. The molecule has 0 fully saturated rings. The molecule has 136 valence electrons. The fourth-order valence-corrected chi connectivity index (χ4v) is 2.77. The number of anilines is 1. The lowest BCUT2D eigenvalue weighted by molar-refractivity contribution is 0.0660. The number of nitrogens with one attached hydrogen (secondary N) is 1. The van der Waals surface area contributed by atoms with E-state index in [1.165, 1.54) is 6.21 Å². The first-order chi connectivity index (χ1) is 13.7. The van der Waals surface area contributed by atoms with E-state index in [-0.39, 0.29) is 0 Å². The van der Waals surface area contributed by atoms with Crippen LogP contribution in [-0.2, 0) is 0 Å². The van der Waals surface area contributed by atoms with Gasteiger partial charge in [-0.25, -0.2) is 0 Å². The monoisotopic (exact) mass is 368 g/mol. The number of para-hydroxylation sites is 1. The number of nitrogens with zero attached hydrogens (tertiary/aromatic N) is 3. The van der Waals surface area contributed by atoms with Gasteiger partial charge in [-0.15, -0.1) is 0 Å². The van der Waals surface area contributed by atoms with Gasteiger partial charge in [-0.2, -0.15) is 15.2 Å². The molecule has 0 aromatic heterocycles. The smallest absolute Gasteiger partial charge is 0.279 e. The highest BCUT2D eigenvalue weighted by molar-refractivity contribution is 6.21. The van der Waals surface area contributed by atoms with Crippen molar-refractivity contribution in [1.29, 1.82) is 0 Å². The van der Waals surface area contributed by atoms with Crippen LogP contribution in [0.1, 0.15) is 31.8 Å². The standard InChI is InChI=1S/C22H16N4O2/c27-21-19-8-4-5-9-20(19)22(28)26(21)24-15-17-12-10-16(11-13-17)14-23-25-18-6-2-1-3-7-18/h1-15,25H/b23-14+,24-15+. The molecule has 0 radical (unpaired) electrons. The van der Waals surface area contributed by atoms with Crippen LogP contribution in [-0.4, -0.2) is 29.3 Å². The molecule has 1 N–H and O–H groups in total.